The Hall–Kier alpha value is -1.46. The van der Waals surface area contributed by atoms with Crippen molar-refractivity contribution in [3.05, 3.63) is 34.0 Å². The summed E-state index contributed by atoms with van der Waals surface area (Å²) in [6.45, 7) is 6.42. The van der Waals surface area contributed by atoms with Crippen LogP contribution in [0.25, 0.3) is 15.8 Å². The molecule has 0 fully saturated rings. The maximum Gasteiger partial charge on any atom is 0.168 e. The van der Waals surface area contributed by atoms with Crippen molar-refractivity contribution in [1.29, 1.82) is 0 Å². The van der Waals surface area contributed by atoms with Gasteiger partial charge in [0.05, 0.1) is 24.1 Å². The van der Waals surface area contributed by atoms with E-state index in [1.807, 2.05) is 11.8 Å². The highest BCUT2D eigenvalue weighted by Gasteiger charge is 2.34. The third kappa shape index (κ3) is 1.99. The van der Waals surface area contributed by atoms with E-state index >= 15 is 0 Å². The Bertz CT molecular complexity index is 804. The summed E-state index contributed by atoms with van der Waals surface area (Å²) < 4.78 is 6.74. The third-order valence-electron chi connectivity index (χ3n) is 4.09. The molecule has 22 heavy (non-hydrogen) atoms. The van der Waals surface area contributed by atoms with E-state index in [0.29, 0.717) is 5.92 Å². The average molecular weight is 330 g/mol. The highest BCUT2D eigenvalue weighted by atomic mass is 32.2. The van der Waals surface area contributed by atoms with E-state index in [0.717, 1.165) is 24.0 Å². The molecule has 3 heterocycles. The van der Waals surface area contributed by atoms with Gasteiger partial charge in [0.2, 0.25) is 0 Å². The van der Waals surface area contributed by atoms with Crippen LogP contribution in [0.4, 0.5) is 0 Å². The molecule has 0 radical (unpaired) electrons. The molecule has 0 atom stereocenters. The van der Waals surface area contributed by atoms with Crippen LogP contribution in [0, 0.1) is 5.92 Å². The lowest BCUT2D eigenvalue weighted by Gasteiger charge is -2.19. The number of thioether (sulfide) groups is 1. The van der Waals surface area contributed by atoms with E-state index in [1.54, 1.807) is 18.4 Å². The SMILES string of the molecule is COc1ccc(C2=C(C(C)C)SC3=NCCN32)c2ccsc12. The van der Waals surface area contributed by atoms with E-state index in [9.17, 15) is 0 Å². The third-order valence-corrected chi connectivity index (χ3v) is 6.43. The van der Waals surface area contributed by atoms with Gasteiger partial charge in [0.25, 0.3) is 0 Å². The molecule has 0 spiro atoms. The fraction of sp³-hybridized carbons (Fsp3) is 0.353. The van der Waals surface area contributed by atoms with Crippen LogP contribution >= 0.6 is 23.1 Å². The van der Waals surface area contributed by atoms with Gasteiger partial charge in [-0.2, -0.15) is 0 Å². The van der Waals surface area contributed by atoms with Gasteiger partial charge in [-0.1, -0.05) is 25.6 Å². The average Bonchev–Trinajstić information content (AvgIpc) is 3.20. The normalized spacial score (nSPS) is 17.6. The summed E-state index contributed by atoms with van der Waals surface area (Å²) in [5.74, 6) is 1.46. The first-order chi connectivity index (χ1) is 10.7. The number of thiophene rings is 1. The number of hydrogen-bond donors (Lipinski definition) is 0. The van der Waals surface area contributed by atoms with Gasteiger partial charge in [0, 0.05) is 22.4 Å². The molecule has 0 aliphatic carbocycles. The topological polar surface area (TPSA) is 24.8 Å². The highest BCUT2D eigenvalue weighted by Crippen LogP contribution is 2.47. The van der Waals surface area contributed by atoms with Crippen LogP contribution in [0.15, 0.2) is 33.5 Å². The van der Waals surface area contributed by atoms with E-state index in [-0.39, 0.29) is 0 Å². The highest BCUT2D eigenvalue weighted by molar-refractivity contribution is 8.17. The van der Waals surface area contributed by atoms with Crippen LogP contribution in [0.2, 0.25) is 0 Å². The standard InChI is InChI=1S/C17H18N2OS2/c1-10(2)15-14(19-8-7-18-17(19)22-15)11-4-5-13(20-3)16-12(11)6-9-21-16/h4-6,9-10H,7-8H2,1-3H3. The summed E-state index contributed by atoms with van der Waals surface area (Å²) in [7, 11) is 1.74. The molecule has 0 saturated heterocycles. The Balaban J connectivity index is 1.95. The fourth-order valence-electron chi connectivity index (χ4n) is 3.07. The zero-order chi connectivity index (χ0) is 15.3. The van der Waals surface area contributed by atoms with E-state index in [1.165, 1.54) is 26.3 Å². The number of benzene rings is 1. The molecule has 2 aromatic rings. The van der Waals surface area contributed by atoms with Crippen molar-refractivity contribution in [2.75, 3.05) is 20.2 Å². The number of methoxy groups -OCH3 is 1. The number of fused-ring (bicyclic) bond motifs is 2. The first-order valence-corrected chi connectivity index (χ1v) is 9.19. The number of ether oxygens (including phenoxy) is 1. The molecule has 0 bridgehead atoms. The van der Waals surface area contributed by atoms with Crippen molar-refractivity contribution >= 4 is 44.0 Å². The summed E-state index contributed by atoms with van der Waals surface area (Å²) in [5, 5.41) is 4.59. The van der Waals surface area contributed by atoms with E-state index in [2.05, 4.69) is 47.3 Å². The van der Waals surface area contributed by atoms with Crippen LogP contribution in [-0.2, 0) is 0 Å². The number of rotatable bonds is 3. The summed E-state index contributed by atoms with van der Waals surface area (Å²) in [4.78, 5) is 8.46. The van der Waals surface area contributed by atoms with Gasteiger partial charge < -0.3 is 9.64 Å². The van der Waals surface area contributed by atoms with Crippen molar-refractivity contribution < 1.29 is 4.74 Å². The molecule has 3 nitrogen and oxygen atoms in total. The van der Waals surface area contributed by atoms with Crippen molar-refractivity contribution in [2.24, 2.45) is 10.9 Å². The van der Waals surface area contributed by atoms with Gasteiger partial charge in [-0.15, -0.1) is 11.3 Å². The fourth-order valence-corrected chi connectivity index (χ4v) is 5.18. The summed E-state index contributed by atoms with van der Waals surface area (Å²) in [6, 6.07) is 6.50. The number of nitrogens with zero attached hydrogens (tertiary/aromatic N) is 2. The van der Waals surface area contributed by atoms with Gasteiger partial charge in [-0.25, -0.2) is 0 Å². The summed E-state index contributed by atoms with van der Waals surface area (Å²) in [5.41, 5.74) is 2.66. The summed E-state index contributed by atoms with van der Waals surface area (Å²) in [6.07, 6.45) is 0. The Labute approximate surface area is 138 Å². The van der Waals surface area contributed by atoms with Crippen molar-refractivity contribution in [2.45, 2.75) is 13.8 Å². The lowest BCUT2D eigenvalue weighted by atomic mass is 10.0. The second kappa shape index (κ2) is 5.32. The Kier molecular flexibility index (Phi) is 3.42. The van der Waals surface area contributed by atoms with Gasteiger partial charge in [-0.05, 0) is 29.5 Å². The molecule has 5 heteroatoms. The van der Waals surface area contributed by atoms with Gasteiger partial charge in [0.1, 0.15) is 5.75 Å². The lowest BCUT2D eigenvalue weighted by molar-refractivity contribution is 0.420. The number of allylic oxidation sites excluding steroid dienone is 1. The molecule has 2 aliphatic rings. The van der Waals surface area contributed by atoms with Crippen LogP contribution in [0.5, 0.6) is 5.75 Å². The van der Waals surface area contributed by atoms with Gasteiger partial charge >= 0.3 is 0 Å². The monoisotopic (exact) mass is 330 g/mol. The van der Waals surface area contributed by atoms with Crippen molar-refractivity contribution in [1.82, 2.24) is 4.90 Å². The smallest absolute Gasteiger partial charge is 0.168 e. The van der Waals surface area contributed by atoms with Crippen LogP contribution in [0.3, 0.4) is 0 Å². The molecular formula is C17H18N2OS2. The zero-order valence-corrected chi connectivity index (χ0v) is 14.6. The lowest BCUT2D eigenvalue weighted by Crippen LogP contribution is -2.20. The Morgan fingerprint density at radius 1 is 1.27 bits per heavy atom. The molecule has 0 saturated carbocycles. The van der Waals surface area contributed by atoms with Gasteiger partial charge in [-0.3, -0.25) is 4.99 Å². The molecule has 4 rings (SSSR count). The minimum atomic E-state index is 0.504. The maximum atomic E-state index is 5.52. The maximum absolute atomic E-state index is 5.52. The predicted molar refractivity (Wildman–Crippen MR) is 96.7 cm³/mol. The van der Waals surface area contributed by atoms with Crippen molar-refractivity contribution in [3.63, 3.8) is 0 Å². The molecule has 1 aromatic heterocycles. The zero-order valence-electron chi connectivity index (χ0n) is 12.9. The first-order valence-electron chi connectivity index (χ1n) is 7.49. The van der Waals surface area contributed by atoms with Crippen molar-refractivity contribution in [3.8, 4) is 5.75 Å². The quantitative estimate of drug-likeness (QED) is 0.819. The molecule has 114 valence electrons. The largest absolute Gasteiger partial charge is 0.495 e. The van der Waals surface area contributed by atoms with Crippen LogP contribution < -0.4 is 4.74 Å². The van der Waals surface area contributed by atoms with Gasteiger partial charge in [0.15, 0.2) is 5.17 Å². The molecule has 0 N–H and O–H groups in total. The number of amidine groups is 1. The molecular weight excluding hydrogens is 312 g/mol. The molecule has 0 unspecified atom stereocenters. The second-order valence-electron chi connectivity index (χ2n) is 5.76. The Morgan fingerprint density at radius 2 is 2.14 bits per heavy atom. The predicted octanol–water partition coefficient (Wildman–Crippen LogP) is 4.65. The minimum Gasteiger partial charge on any atom is -0.495 e. The van der Waals surface area contributed by atoms with Crippen LogP contribution in [-0.4, -0.2) is 30.3 Å². The molecule has 2 aliphatic heterocycles. The molecule has 0 amide bonds. The van der Waals surface area contributed by atoms with E-state index in [4.69, 9.17) is 4.74 Å². The minimum absolute atomic E-state index is 0.504. The second-order valence-corrected chi connectivity index (χ2v) is 7.69. The molecule has 1 aromatic carbocycles. The first kappa shape index (κ1) is 14.2. The van der Waals surface area contributed by atoms with E-state index < -0.39 is 0 Å². The summed E-state index contributed by atoms with van der Waals surface area (Å²) >= 11 is 3.58. The number of aliphatic imine (C=N–C) groups is 1. The number of hydrogen-bond acceptors (Lipinski definition) is 5. The van der Waals surface area contributed by atoms with Crippen LogP contribution in [0.1, 0.15) is 19.4 Å². The Morgan fingerprint density at radius 3 is 2.91 bits per heavy atom.